The zero-order valence-corrected chi connectivity index (χ0v) is 11.8. The van der Waals surface area contributed by atoms with Crippen LogP contribution in [-0.4, -0.2) is 37.5 Å². The summed E-state index contributed by atoms with van der Waals surface area (Å²) in [5, 5.41) is 20.5. The lowest BCUT2D eigenvalue weighted by Crippen LogP contribution is -2.06. The monoisotopic (exact) mass is 301 g/mol. The second kappa shape index (κ2) is 5.41. The number of fused-ring (bicyclic) bond motifs is 1. The number of rotatable bonds is 4. The van der Waals surface area contributed by atoms with Crippen LogP contribution in [-0.2, 0) is 0 Å². The first-order valence-corrected chi connectivity index (χ1v) is 7.24. The number of anilines is 2. The van der Waals surface area contributed by atoms with E-state index < -0.39 is 5.97 Å². The topological polar surface area (TPSA) is 104 Å². The second-order valence-electron chi connectivity index (χ2n) is 4.22. The molecule has 0 amide bonds. The summed E-state index contributed by atoms with van der Waals surface area (Å²) in [5.41, 5.74) is 1.61. The molecule has 21 heavy (non-hydrogen) atoms. The van der Waals surface area contributed by atoms with Gasteiger partial charge >= 0.3 is 5.97 Å². The maximum Gasteiger partial charge on any atom is 0.341 e. The van der Waals surface area contributed by atoms with Crippen molar-refractivity contribution in [1.29, 1.82) is 0 Å². The minimum absolute atomic E-state index is 0.0255. The third kappa shape index (κ3) is 2.65. The summed E-state index contributed by atoms with van der Waals surface area (Å²) in [5.74, 6) is -0.812. The number of nitrogens with zero attached hydrogens (tertiary/aromatic N) is 3. The molecule has 106 valence electrons. The van der Waals surface area contributed by atoms with E-state index in [0.29, 0.717) is 5.16 Å². The molecular formula is C13H11N5O2S. The zero-order valence-electron chi connectivity index (χ0n) is 11.0. The molecule has 3 aromatic rings. The van der Waals surface area contributed by atoms with Crippen LogP contribution in [0.1, 0.15) is 10.4 Å². The fourth-order valence-electron chi connectivity index (χ4n) is 1.87. The molecule has 2 heterocycles. The highest BCUT2D eigenvalue weighted by Crippen LogP contribution is 2.23. The number of nitrogens with one attached hydrogen (secondary N) is 2. The maximum atomic E-state index is 11.2. The predicted molar refractivity (Wildman–Crippen MR) is 80.1 cm³/mol. The molecule has 0 unspecified atom stereocenters. The summed E-state index contributed by atoms with van der Waals surface area (Å²) in [4.78, 5) is 19.4. The van der Waals surface area contributed by atoms with E-state index >= 15 is 0 Å². The smallest absolute Gasteiger partial charge is 0.341 e. The number of carbonyl (C=O) groups is 1. The number of benzene rings is 1. The Labute approximate surface area is 123 Å². The Morgan fingerprint density at radius 2 is 2.24 bits per heavy atom. The first-order chi connectivity index (χ1) is 10.2. The fourth-order valence-corrected chi connectivity index (χ4v) is 2.21. The van der Waals surface area contributed by atoms with E-state index in [4.69, 9.17) is 0 Å². The summed E-state index contributed by atoms with van der Waals surface area (Å²) in [6.07, 6.45) is 4.85. The number of thioether (sulfide) groups is 1. The Bertz CT molecular complexity index is 817. The molecular weight excluding hydrogens is 290 g/mol. The van der Waals surface area contributed by atoms with Gasteiger partial charge in [-0.1, -0.05) is 11.8 Å². The minimum Gasteiger partial charge on any atom is -0.477 e. The van der Waals surface area contributed by atoms with Gasteiger partial charge in [0.15, 0.2) is 5.16 Å². The Morgan fingerprint density at radius 3 is 3.00 bits per heavy atom. The third-order valence-corrected chi connectivity index (χ3v) is 3.45. The first kappa shape index (κ1) is 13.4. The average Bonchev–Trinajstić information content (AvgIpc) is 2.94. The fraction of sp³-hybridized carbons (Fsp3) is 0.0769. The Morgan fingerprint density at radius 1 is 1.38 bits per heavy atom. The standard InChI is InChI=1S/C13H11N5O2S/c1-21-13-14-6-9(12(19)20)11(17-13)16-8-3-2-7-5-15-18-10(7)4-8/h2-6H,1H3,(H,15,18)(H,19,20)(H,14,16,17). The first-order valence-electron chi connectivity index (χ1n) is 6.02. The summed E-state index contributed by atoms with van der Waals surface area (Å²) in [7, 11) is 0. The van der Waals surface area contributed by atoms with Gasteiger partial charge in [0, 0.05) is 17.3 Å². The van der Waals surface area contributed by atoms with Crippen LogP contribution in [0.3, 0.4) is 0 Å². The second-order valence-corrected chi connectivity index (χ2v) is 4.99. The Kier molecular flexibility index (Phi) is 3.44. The normalized spacial score (nSPS) is 10.7. The van der Waals surface area contributed by atoms with Crippen molar-refractivity contribution >= 4 is 40.1 Å². The number of hydrogen-bond acceptors (Lipinski definition) is 6. The molecule has 7 nitrogen and oxygen atoms in total. The largest absolute Gasteiger partial charge is 0.477 e. The highest BCUT2D eigenvalue weighted by molar-refractivity contribution is 7.98. The number of hydrogen-bond donors (Lipinski definition) is 3. The minimum atomic E-state index is -1.08. The Balaban J connectivity index is 2.00. The molecule has 1 aromatic carbocycles. The molecule has 0 aliphatic heterocycles. The number of carboxylic acids is 1. The number of aromatic amines is 1. The van der Waals surface area contributed by atoms with Gasteiger partial charge < -0.3 is 10.4 Å². The van der Waals surface area contributed by atoms with Crippen molar-refractivity contribution in [3.63, 3.8) is 0 Å². The van der Waals surface area contributed by atoms with Crippen LogP contribution in [0.2, 0.25) is 0 Å². The number of aromatic carboxylic acids is 1. The van der Waals surface area contributed by atoms with Crippen molar-refractivity contribution in [1.82, 2.24) is 20.2 Å². The number of aromatic nitrogens is 4. The summed E-state index contributed by atoms with van der Waals surface area (Å²) >= 11 is 1.35. The third-order valence-electron chi connectivity index (χ3n) is 2.88. The van der Waals surface area contributed by atoms with Gasteiger partial charge in [0.25, 0.3) is 0 Å². The van der Waals surface area contributed by atoms with Crippen LogP contribution >= 0.6 is 11.8 Å². The van der Waals surface area contributed by atoms with Gasteiger partial charge in [0.05, 0.1) is 11.7 Å². The van der Waals surface area contributed by atoms with E-state index in [2.05, 4.69) is 25.5 Å². The van der Waals surface area contributed by atoms with E-state index in [-0.39, 0.29) is 11.4 Å². The van der Waals surface area contributed by atoms with Crippen LogP contribution in [0.25, 0.3) is 10.9 Å². The van der Waals surface area contributed by atoms with Gasteiger partial charge in [-0.2, -0.15) is 5.10 Å². The SMILES string of the molecule is CSc1ncc(C(=O)O)c(Nc2ccc3cn[nH]c3c2)n1. The molecule has 8 heteroatoms. The number of carboxylic acid groups (broad SMARTS) is 1. The van der Waals surface area contributed by atoms with Gasteiger partial charge in [-0.25, -0.2) is 14.8 Å². The van der Waals surface area contributed by atoms with Gasteiger partial charge in [-0.05, 0) is 24.5 Å². The predicted octanol–water partition coefficient (Wildman–Crippen LogP) is 2.52. The van der Waals surface area contributed by atoms with E-state index in [1.54, 1.807) is 6.20 Å². The highest BCUT2D eigenvalue weighted by Gasteiger charge is 2.14. The molecule has 0 fully saturated rings. The Hall–Kier alpha value is -2.61. The molecule has 0 saturated carbocycles. The van der Waals surface area contributed by atoms with Crippen molar-refractivity contribution in [3.8, 4) is 0 Å². The lowest BCUT2D eigenvalue weighted by Gasteiger charge is -2.09. The molecule has 0 spiro atoms. The lowest BCUT2D eigenvalue weighted by molar-refractivity contribution is 0.0697. The van der Waals surface area contributed by atoms with Crippen molar-refractivity contribution in [2.45, 2.75) is 5.16 Å². The molecule has 0 saturated heterocycles. The van der Waals surface area contributed by atoms with Crippen molar-refractivity contribution in [2.24, 2.45) is 0 Å². The van der Waals surface area contributed by atoms with Crippen LogP contribution in [0, 0.1) is 0 Å². The van der Waals surface area contributed by atoms with E-state index in [1.165, 1.54) is 18.0 Å². The van der Waals surface area contributed by atoms with Crippen molar-refractivity contribution < 1.29 is 9.90 Å². The molecule has 0 aliphatic rings. The van der Waals surface area contributed by atoms with Crippen LogP contribution in [0.5, 0.6) is 0 Å². The quantitative estimate of drug-likeness (QED) is 0.502. The summed E-state index contributed by atoms with van der Waals surface area (Å²) < 4.78 is 0. The van der Waals surface area contributed by atoms with Crippen LogP contribution in [0.4, 0.5) is 11.5 Å². The lowest BCUT2D eigenvalue weighted by atomic mass is 10.2. The summed E-state index contributed by atoms with van der Waals surface area (Å²) in [6.45, 7) is 0. The maximum absolute atomic E-state index is 11.2. The molecule has 3 rings (SSSR count). The molecule has 3 N–H and O–H groups in total. The molecule has 0 atom stereocenters. The van der Waals surface area contributed by atoms with Crippen LogP contribution in [0.15, 0.2) is 35.7 Å². The molecule has 0 aliphatic carbocycles. The van der Waals surface area contributed by atoms with Crippen LogP contribution < -0.4 is 5.32 Å². The zero-order chi connectivity index (χ0) is 14.8. The average molecular weight is 301 g/mol. The van der Waals surface area contributed by atoms with Gasteiger partial charge in [0.1, 0.15) is 11.4 Å². The molecule has 0 radical (unpaired) electrons. The van der Waals surface area contributed by atoms with E-state index in [1.807, 2.05) is 24.5 Å². The van der Waals surface area contributed by atoms with Crippen molar-refractivity contribution in [3.05, 3.63) is 36.2 Å². The summed E-state index contributed by atoms with van der Waals surface area (Å²) in [6, 6.07) is 5.57. The molecule has 2 aromatic heterocycles. The number of H-pyrrole nitrogens is 1. The van der Waals surface area contributed by atoms with Gasteiger partial charge in [-0.3, -0.25) is 5.10 Å². The molecule has 0 bridgehead atoms. The van der Waals surface area contributed by atoms with Gasteiger partial charge in [-0.15, -0.1) is 0 Å². The van der Waals surface area contributed by atoms with E-state index in [0.717, 1.165) is 16.6 Å². The highest BCUT2D eigenvalue weighted by atomic mass is 32.2. The van der Waals surface area contributed by atoms with Gasteiger partial charge in [0.2, 0.25) is 0 Å². The van der Waals surface area contributed by atoms with Crippen molar-refractivity contribution in [2.75, 3.05) is 11.6 Å². The van der Waals surface area contributed by atoms with E-state index in [9.17, 15) is 9.90 Å².